The maximum absolute atomic E-state index is 11.8. The largest absolute Gasteiger partial charge is 0.480 e. The summed E-state index contributed by atoms with van der Waals surface area (Å²) < 4.78 is 0. The van der Waals surface area contributed by atoms with E-state index >= 15 is 0 Å². The smallest absolute Gasteiger partial charge is 0.321 e. The SMILES string of the molecule is NCCCN[C@@H](CC(=O)Nc1ccc([N+](=O)[O-])cc1)C(=O)O. The molecule has 1 aromatic carbocycles. The van der Waals surface area contributed by atoms with Gasteiger partial charge in [0.25, 0.3) is 5.69 Å². The van der Waals surface area contributed by atoms with E-state index < -0.39 is 22.8 Å². The van der Waals surface area contributed by atoms with Crippen molar-refractivity contribution in [1.29, 1.82) is 0 Å². The highest BCUT2D eigenvalue weighted by Crippen LogP contribution is 2.15. The molecule has 1 aromatic rings. The number of anilines is 1. The van der Waals surface area contributed by atoms with Gasteiger partial charge in [-0.3, -0.25) is 19.7 Å². The van der Waals surface area contributed by atoms with Crippen LogP contribution in [0.2, 0.25) is 0 Å². The second-order valence-corrected chi connectivity index (χ2v) is 4.54. The molecule has 0 aromatic heterocycles. The number of hydrogen-bond donors (Lipinski definition) is 4. The van der Waals surface area contributed by atoms with E-state index in [2.05, 4.69) is 10.6 Å². The van der Waals surface area contributed by atoms with Crippen LogP contribution in [-0.2, 0) is 9.59 Å². The molecule has 0 aliphatic carbocycles. The summed E-state index contributed by atoms with van der Waals surface area (Å²) in [4.78, 5) is 32.8. The summed E-state index contributed by atoms with van der Waals surface area (Å²) in [6.45, 7) is 0.826. The van der Waals surface area contributed by atoms with Gasteiger partial charge in [0.05, 0.1) is 11.3 Å². The van der Waals surface area contributed by atoms with E-state index in [0.717, 1.165) is 0 Å². The summed E-state index contributed by atoms with van der Waals surface area (Å²) in [6.07, 6.45) is 0.352. The lowest BCUT2D eigenvalue weighted by Crippen LogP contribution is -2.40. The van der Waals surface area contributed by atoms with Gasteiger partial charge in [-0.1, -0.05) is 0 Å². The molecular formula is C13H18N4O5. The topological polar surface area (TPSA) is 148 Å². The Morgan fingerprint density at radius 1 is 1.32 bits per heavy atom. The molecule has 0 radical (unpaired) electrons. The first-order valence-electron chi connectivity index (χ1n) is 6.64. The molecule has 22 heavy (non-hydrogen) atoms. The number of nitrogens with zero attached hydrogens (tertiary/aromatic N) is 1. The molecule has 0 heterocycles. The number of non-ortho nitro benzene ring substituents is 1. The molecule has 5 N–H and O–H groups in total. The van der Waals surface area contributed by atoms with Crippen molar-refractivity contribution >= 4 is 23.3 Å². The van der Waals surface area contributed by atoms with E-state index in [0.29, 0.717) is 25.2 Å². The summed E-state index contributed by atoms with van der Waals surface area (Å²) >= 11 is 0. The van der Waals surface area contributed by atoms with Crippen LogP contribution in [0.1, 0.15) is 12.8 Å². The molecular weight excluding hydrogens is 292 g/mol. The molecule has 0 saturated carbocycles. The lowest BCUT2D eigenvalue weighted by atomic mass is 10.2. The zero-order valence-corrected chi connectivity index (χ0v) is 11.8. The number of carbonyl (C=O) groups excluding carboxylic acids is 1. The second-order valence-electron chi connectivity index (χ2n) is 4.54. The van der Waals surface area contributed by atoms with E-state index in [1.165, 1.54) is 24.3 Å². The molecule has 0 unspecified atom stereocenters. The predicted molar refractivity (Wildman–Crippen MR) is 79.4 cm³/mol. The zero-order chi connectivity index (χ0) is 16.5. The highest BCUT2D eigenvalue weighted by atomic mass is 16.6. The monoisotopic (exact) mass is 310 g/mol. The van der Waals surface area contributed by atoms with Crippen LogP contribution >= 0.6 is 0 Å². The number of amides is 1. The summed E-state index contributed by atoms with van der Waals surface area (Å²) in [5.74, 6) is -1.63. The van der Waals surface area contributed by atoms with Crippen LogP contribution in [0, 0.1) is 10.1 Å². The molecule has 1 amide bonds. The second kappa shape index (κ2) is 8.70. The van der Waals surface area contributed by atoms with Crippen molar-refractivity contribution in [3.63, 3.8) is 0 Å². The Morgan fingerprint density at radius 2 is 1.95 bits per heavy atom. The van der Waals surface area contributed by atoms with E-state index in [1.807, 2.05) is 0 Å². The minimum atomic E-state index is -1.13. The Hall–Kier alpha value is -2.52. The first-order valence-corrected chi connectivity index (χ1v) is 6.64. The predicted octanol–water partition coefficient (Wildman–Crippen LogP) is 0.315. The third kappa shape index (κ3) is 5.85. The van der Waals surface area contributed by atoms with Gasteiger partial charge >= 0.3 is 5.97 Å². The summed E-state index contributed by atoms with van der Waals surface area (Å²) in [6, 6.07) is 4.26. The molecule has 0 bridgehead atoms. The Balaban J connectivity index is 2.55. The van der Waals surface area contributed by atoms with Gasteiger partial charge in [-0.05, 0) is 31.6 Å². The third-order valence-corrected chi connectivity index (χ3v) is 2.82. The fraction of sp³-hybridized carbons (Fsp3) is 0.385. The van der Waals surface area contributed by atoms with Crippen molar-refractivity contribution in [2.75, 3.05) is 18.4 Å². The van der Waals surface area contributed by atoms with Gasteiger partial charge in [-0.15, -0.1) is 0 Å². The highest BCUT2D eigenvalue weighted by Gasteiger charge is 2.20. The Bertz CT molecular complexity index is 532. The van der Waals surface area contributed by atoms with Crippen molar-refractivity contribution in [3.05, 3.63) is 34.4 Å². The first-order chi connectivity index (χ1) is 10.4. The van der Waals surface area contributed by atoms with Crippen molar-refractivity contribution in [2.24, 2.45) is 5.73 Å². The number of hydrogen-bond acceptors (Lipinski definition) is 6. The first kappa shape index (κ1) is 17.5. The molecule has 0 saturated heterocycles. The van der Waals surface area contributed by atoms with Gasteiger partial charge in [0.15, 0.2) is 0 Å². The van der Waals surface area contributed by atoms with Gasteiger partial charge in [0.1, 0.15) is 6.04 Å². The van der Waals surface area contributed by atoms with E-state index in [9.17, 15) is 19.7 Å². The molecule has 1 atom stereocenters. The van der Waals surface area contributed by atoms with Crippen molar-refractivity contribution < 1.29 is 19.6 Å². The lowest BCUT2D eigenvalue weighted by Gasteiger charge is -2.14. The maximum atomic E-state index is 11.8. The van der Waals surface area contributed by atoms with Crippen LogP contribution in [-0.4, -0.2) is 41.0 Å². The molecule has 9 heteroatoms. The van der Waals surface area contributed by atoms with E-state index in [-0.39, 0.29) is 12.1 Å². The molecule has 0 spiro atoms. The number of carboxylic acids is 1. The van der Waals surface area contributed by atoms with Gasteiger partial charge in [0, 0.05) is 17.8 Å². The van der Waals surface area contributed by atoms with Gasteiger partial charge < -0.3 is 21.5 Å². The summed E-state index contributed by atoms with van der Waals surface area (Å²) in [7, 11) is 0. The summed E-state index contributed by atoms with van der Waals surface area (Å²) in [5.41, 5.74) is 5.58. The maximum Gasteiger partial charge on any atom is 0.321 e. The van der Waals surface area contributed by atoms with E-state index in [1.54, 1.807) is 0 Å². The van der Waals surface area contributed by atoms with Gasteiger partial charge in [-0.25, -0.2) is 0 Å². The number of rotatable bonds is 9. The van der Waals surface area contributed by atoms with Gasteiger partial charge in [-0.2, -0.15) is 0 Å². The number of nitro groups is 1. The van der Waals surface area contributed by atoms with Crippen molar-refractivity contribution in [1.82, 2.24) is 5.32 Å². The number of carbonyl (C=O) groups is 2. The van der Waals surface area contributed by atoms with Crippen LogP contribution in [0.3, 0.4) is 0 Å². The fourth-order valence-electron chi connectivity index (χ4n) is 1.69. The Morgan fingerprint density at radius 3 is 2.45 bits per heavy atom. The quantitative estimate of drug-likeness (QED) is 0.291. The molecule has 0 aliphatic rings. The molecule has 0 aliphatic heterocycles. The minimum absolute atomic E-state index is 0.0927. The van der Waals surface area contributed by atoms with Gasteiger partial charge in [0.2, 0.25) is 5.91 Å². The number of benzene rings is 1. The molecule has 0 fully saturated rings. The van der Waals surface area contributed by atoms with Crippen LogP contribution in [0.15, 0.2) is 24.3 Å². The lowest BCUT2D eigenvalue weighted by molar-refractivity contribution is -0.384. The highest BCUT2D eigenvalue weighted by molar-refractivity contribution is 5.94. The number of nitrogens with one attached hydrogen (secondary N) is 2. The van der Waals surface area contributed by atoms with E-state index in [4.69, 9.17) is 10.8 Å². The van der Waals surface area contributed by atoms with Crippen LogP contribution in [0.5, 0.6) is 0 Å². The minimum Gasteiger partial charge on any atom is -0.480 e. The average molecular weight is 310 g/mol. The number of aliphatic carboxylic acids is 1. The molecule has 1 rings (SSSR count). The summed E-state index contributed by atoms with van der Waals surface area (Å²) in [5, 5.41) is 24.8. The molecule has 9 nitrogen and oxygen atoms in total. The van der Waals surface area contributed by atoms with Crippen LogP contribution < -0.4 is 16.4 Å². The fourth-order valence-corrected chi connectivity index (χ4v) is 1.69. The Labute approximate surface area is 126 Å². The average Bonchev–Trinajstić information content (AvgIpc) is 2.46. The number of nitrogens with two attached hydrogens (primary N) is 1. The standard InChI is InChI=1S/C13H18N4O5/c14-6-1-7-15-11(13(19)20)8-12(18)16-9-2-4-10(5-3-9)17(21)22/h2-5,11,15H,1,6-8,14H2,(H,16,18)(H,19,20)/t11-/m0/s1. The van der Waals surface area contributed by atoms with Crippen molar-refractivity contribution in [2.45, 2.75) is 18.9 Å². The molecule has 120 valence electrons. The Kier molecular flexibility index (Phi) is 6.93. The normalized spacial score (nSPS) is 11.7. The third-order valence-electron chi connectivity index (χ3n) is 2.82. The zero-order valence-electron chi connectivity index (χ0n) is 11.8. The number of carboxylic acid groups (broad SMARTS) is 1. The van der Waals surface area contributed by atoms with Crippen LogP contribution in [0.25, 0.3) is 0 Å². The number of nitro benzene ring substituents is 1. The van der Waals surface area contributed by atoms with Crippen LogP contribution in [0.4, 0.5) is 11.4 Å². The van der Waals surface area contributed by atoms with Crippen molar-refractivity contribution in [3.8, 4) is 0 Å².